The van der Waals surface area contributed by atoms with Crippen LogP contribution in [0.1, 0.15) is 65.7 Å². The van der Waals surface area contributed by atoms with Crippen LogP contribution in [0.3, 0.4) is 0 Å². The van der Waals surface area contributed by atoms with Crippen molar-refractivity contribution < 1.29 is 5.11 Å². The monoisotopic (exact) mass is 267 g/mol. The average Bonchev–Trinajstić information content (AvgIpc) is 2.41. The number of piperidine rings is 1. The van der Waals surface area contributed by atoms with Gasteiger partial charge in [-0.1, -0.05) is 27.2 Å². The number of aliphatic hydroxyl groups excluding tert-OH is 1. The zero-order valence-electron chi connectivity index (χ0n) is 13.1. The number of nitrogens with zero attached hydrogens (tertiary/aromatic N) is 1. The minimum Gasteiger partial charge on any atom is -0.393 e. The van der Waals surface area contributed by atoms with Gasteiger partial charge in [-0.2, -0.15) is 0 Å². The molecule has 2 rings (SSSR count). The van der Waals surface area contributed by atoms with Crippen molar-refractivity contribution in [1.29, 1.82) is 0 Å². The number of rotatable bonds is 4. The Morgan fingerprint density at radius 1 is 1.16 bits per heavy atom. The van der Waals surface area contributed by atoms with Gasteiger partial charge < -0.3 is 10.0 Å². The lowest BCUT2D eigenvalue weighted by Gasteiger charge is -2.42. The van der Waals surface area contributed by atoms with E-state index in [0.29, 0.717) is 5.92 Å². The van der Waals surface area contributed by atoms with E-state index in [1.54, 1.807) is 0 Å². The Labute approximate surface area is 119 Å². The molecule has 1 aliphatic carbocycles. The van der Waals surface area contributed by atoms with Gasteiger partial charge in [-0.25, -0.2) is 0 Å². The lowest BCUT2D eigenvalue weighted by atomic mass is 9.74. The maximum absolute atomic E-state index is 10.3. The molecule has 0 amide bonds. The zero-order chi connectivity index (χ0) is 13.8. The molecule has 0 spiro atoms. The molecule has 4 atom stereocenters. The smallest absolute Gasteiger partial charge is 0.0580 e. The summed E-state index contributed by atoms with van der Waals surface area (Å²) in [6, 6.07) is 0.778. The Hall–Kier alpha value is -0.0800. The van der Waals surface area contributed by atoms with E-state index in [-0.39, 0.29) is 6.10 Å². The van der Waals surface area contributed by atoms with Crippen LogP contribution in [-0.4, -0.2) is 35.2 Å². The van der Waals surface area contributed by atoms with Crippen molar-refractivity contribution in [2.75, 3.05) is 13.1 Å². The minimum absolute atomic E-state index is 0.0468. The Balaban J connectivity index is 1.91. The van der Waals surface area contributed by atoms with Crippen molar-refractivity contribution in [3.8, 4) is 0 Å². The van der Waals surface area contributed by atoms with E-state index in [4.69, 9.17) is 0 Å². The fourth-order valence-corrected chi connectivity index (χ4v) is 4.15. The SMILES string of the molecule is CCC1CCCCN1CC1CC(C(C)C)CCC1O. The number of aliphatic hydroxyl groups is 1. The van der Waals surface area contributed by atoms with Crippen molar-refractivity contribution >= 4 is 0 Å². The second-order valence-electron chi connectivity index (χ2n) is 7.20. The van der Waals surface area contributed by atoms with Gasteiger partial charge in [0.1, 0.15) is 0 Å². The van der Waals surface area contributed by atoms with Crippen molar-refractivity contribution in [2.24, 2.45) is 17.8 Å². The molecular formula is C17H33NO. The summed E-state index contributed by atoms with van der Waals surface area (Å²) in [4.78, 5) is 2.68. The molecule has 1 saturated carbocycles. The highest BCUT2D eigenvalue weighted by Gasteiger charge is 2.33. The molecule has 0 bridgehead atoms. The largest absolute Gasteiger partial charge is 0.393 e. The highest BCUT2D eigenvalue weighted by molar-refractivity contribution is 4.86. The van der Waals surface area contributed by atoms with Gasteiger partial charge in [0.15, 0.2) is 0 Å². The molecule has 0 aromatic rings. The van der Waals surface area contributed by atoms with Crippen LogP contribution in [0, 0.1) is 17.8 Å². The van der Waals surface area contributed by atoms with Gasteiger partial charge in [0.2, 0.25) is 0 Å². The molecule has 0 aromatic carbocycles. The van der Waals surface area contributed by atoms with E-state index < -0.39 is 0 Å². The van der Waals surface area contributed by atoms with Gasteiger partial charge in [-0.3, -0.25) is 0 Å². The minimum atomic E-state index is -0.0468. The lowest BCUT2D eigenvalue weighted by molar-refractivity contribution is 0.00414. The maximum Gasteiger partial charge on any atom is 0.0580 e. The quantitative estimate of drug-likeness (QED) is 0.840. The summed E-state index contributed by atoms with van der Waals surface area (Å²) in [6.07, 6.45) is 8.85. The predicted octanol–water partition coefficient (Wildman–Crippen LogP) is 3.68. The summed E-state index contributed by atoms with van der Waals surface area (Å²) in [5.74, 6) is 2.13. The molecule has 0 radical (unpaired) electrons. The normalized spacial score (nSPS) is 37.7. The predicted molar refractivity (Wildman–Crippen MR) is 81.2 cm³/mol. The zero-order valence-corrected chi connectivity index (χ0v) is 13.1. The van der Waals surface area contributed by atoms with E-state index in [0.717, 1.165) is 30.8 Å². The van der Waals surface area contributed by atoms with Gasteiger partial charge in [-0.15, -0.1) is 0 Å². The van der Waals surface area contributed by atoms with Crippen LogP contribution < -0.4 is 0 Å². The Morgan fingerprint density at radius 3 is 2.63 bits per heavy atom. The number of hydrogen-bond acceptors (Lipinski definition) is 2. The third-order valence-electron chi connectivity index (χ3n) is 5.62. The molecule has 1 aliphatic heterocycles. The van der Waals surface area contributed by atoms with Crippen LogP contribution in [0.2, 0.25) is 0 Å². The molecule has 112 valence electrons. The van der Waals surface area contributed by atoms with E-state index in [1.165, 1.54) is 45.1 Å². The van der Waals surface area contributed by atoms with Gasteiger partial charge in [0.25, 0.3) is 0 Å². The van der Waals surface area contributed by atoms with Gasteiger partial charge in [0, 0.05) is 12.6 Å². The standard InChI is InChI=1S/C17H33NO/c1-4-16-7-5-6-10-18(16)12-15-11-14(13(2)3)8-9-17(15)19/h13-17,19H,4-12H2,1-3H3. The van der Waals surface area contributed by atoms with E-state index in [2.05, 4.69) is 25.7 Å². The summed E-state index contributed by atoms with van der Waals surface area (Å²) in [7, 11) is 0. The fourth-order valence-electron chi connectivity index (χ4n) is 4.15. The first-order chi connectivity index (χ1) is 9.11. The van der Waals surface area contributed by atoms with Gasteiger partial charge in [-0.05, 0) is 62.8 Å². The highest BCUT2D eigenvalue weighted by Crippen LogP contribution is 2.35. The lowest BCUT2D eigenvalue weighted by Crippen LogP contribution is -2.46. The first-order valence-electron chi connectivity index (χ1n) is 8.54. The topological polar surface area (TPSA) is 23.5 Å². The molecule has 0 aromatic heterocycles. The Bertz CT molecular complexity index is 266. The molecule has 2 heteroatoms. The van der Waals surface area contributed by atoms with Crippen molar-refractivity contribution in [3.63, 3.8) is 0 Å². The highest BCUT2D eigenvalue weighted by atomic mass is 16.3. The second-order valence-corrected chi connectivity index (χ2v) is 7.20. The first-order valence-corrected chi connectivity index (χ1v) is 8.54. The molecule has 4 unspecified atom stereocenters. The molecule has 1 heterocycles. The van der Waals surface area contributed by atoms with Crippen LogP contribution in [0.15, 0.2) is 0 Å². The van der Waals surface area contributed by atoms with Crippen molar-refractivity contribution in [2.45, 2.75) is 77.9 Å². The summed E-state index contributed by atoms with van der Waals surface area (Å²) in [6.45, 7) is 9.40. The van der Waals surface area contributed by atoms with Crippen LogP contribution in [0.4, 0.5) is 0 Å². The molecule has 2 fully saturated rings. The van der Waals surface area contributed by atoms with Crippen molar-refractivity contribution in [1.82, 2.24) is 4.90 Å². The van der Waals surface area contributed by atoms with E-state index in [9.17, 15) is 5.11 Å². The van der Waals surface area contributed by atoms with Crippen molar-refractivity contribution in [3.05, 3.63) is 0 Å². The Morgan fingerprint density at radius 2 is 1.95 bits per heavy atom. The first kappa shape index (κ1) is 15.3. The third-order valence-corrected chi connectivity index (χ3v) is 5.62. The summed E-state index contributed by atoms with van der Waals surface area (Å²) >= 11 is 0. The number of hydrogen-bond donors (Lipinski definition) is 1. The van der Waals surface area contributed by atoms with Crippen LogP contribution in [-0.2, 0) is 0 Å². The maximum atomic E-state index is 10.3. The molecule has 2 nitrogen and oxygen atoms in total. The average molecular weight is 267 g/mol. The molecule has 2 aliphatic rings. The summed E-state index contributed by atoms with van der Waals surface area (Å²) in [5, 5.41) is 10.3. The Kier molecular flexibility index (Phi) is 5.70. The number of likely N-dealkylation sites (tertiary alicyclic amines) is 1. The molecule has 1 N–H and O–H groups in total. The molecular weight excluding hydrogens is 234 g/mol. The summed E-state index contributed by atoms with van der Waals surface area (Å²) < 4.78 is 0. The molecule has 19 heavy (non-hydrogen) atoms. The van der Waals surface area contributed by atoms with E-state index in [1.807, 2.05) is 0 Å². The second kappa shape index (κ2) is 7.08. The fraction of sp³-hybridized carbons (Fsp3) is 1.00. The summed E-state index contributed by atoms with van der Waals surface area (Å²) in [5.41, 5.74) is 0. The van der Waals surface area contributed by atoms with Gasteiger partial charge >= 0.3 is 0 Å². The van der Waals surface area contributed by atoms with Crippen LogP contribution in [0.25, 0.3) is 0 Å². The third kappa shape index (κ3) is 3.95. The van der Waals surface area contributed by atoms with Crippen LogP contribution >= 0.6 is 0 Å². The van der Waals surface area contributed by atoms with Gasteiger partial charge in [0.05, 0.1) is 6.10 Å². The molecule has 1 saturated heterocycles. The van der Waals surface area contributed by atoms with E-state index >= 15 is 0 Å². The van der Waals surface area contributed by atoms with Crippen LogP contribution in [0.5, 0.6) is 0 Å².